The van der Waals surface area contributed by atoms with Crippen LogP contribution in [0.4, 0.5) is 28.4 Å². The highest BCUT2D eigenvalue weighted by molar-refractivity contribution is 6.92. The van der Waals surface area contributed by atoms with Crippen LogP contribution in [0, 0.1) is 0 Å². The maximum absolute atomic E-state index is 2.59. The van der Waals surface area contributed by atoms with Crippen LogP contribution in [0.15, 0.2) is 152 Å². The van der Waals surface area contributed by atoms with Crippen molar-refractivity contribution in [3.63, 3.8) is 0 Å². The molecule has 2 nitrogen and oxygen atoms in total. The minimum absolute atomic E-state index is 0.0781. The lowest BCUT2D eigenvalue weighted by molar-refractivity contribution is 1.25. The van der Waals surface area contributed by atoms with Gasteiger partial charge in [-0.25, -0.2) is 0 Å². The smallest absolute Gasteiger partial charge is 0.329 e. The fourth-order valence-corrected chi connectivity index (χ4v) is 6.47. The van der Waals surface area contributed by atoms with Crippen LogP contribution in [-0.4, -0.2) is 6.85 Å². The van der Waals surface area contributed by atoms with Crippen LogP contribution < -0.4 is 20.6 Å². The number of para-hydroxylation sites is 4. The van der Waals surface area contributed by atoms with Gasteiger partial charge in [0.1, 0.15) is 0 Å². The molecule has 2 aliphatic heterocycles. The van der Waals surface area contributed by atoms with Gasteiger partial charge in [-0.05, 0) is 58.5 Å². The molecular weight excluding hydrogens is 471 g/mol. The highest BCUT2D eigenvalue weighted by atomic mass is 15.2. The summed E-state index contributed by atoms with van der Waals surface area (Å²) in [6.45, 7) is 0.0781. The number of hydrogen-bond acceptors (Lipinski definition) is 2. The molecule has 0 saturated heterocycles. The zero-order valence-electron chi connectivity index (χ0n) is 21.4. The van der Waals surface area contributed by atoms with Crippen molar-refractivity contribution < 1.29 is 0 Å². The van der Waals surface area contributed by atoms with Crippen molar-refractivity contribution in [2.24, 2.45) is 0 Å². The molecule has 2 heterocycles. The predicted octanol–water partition coefficient (Wildman–Crippen LogP) is 8.06. The molecule has 0 bridgehead atoms. The Bertz CT molecular complexity index is 1790. The number of hydrogen-bond donors (Lipinski definition) is 0. The third kappa shape index (κ3) is 3.30. The Labute approximate surface area is 229 Å². The summed E-state index contributed by atoms with van der Waals surface area (Å²) in [5.41, 5.74) is 13.7. The molecule has 0 spiro atoms. The Morgan fingerprint density at radius 3 is 1.54 bits per heavy atom. The van der Waals surface area contributed by atoms with E-state index in [0.29, 0.717) is 0 Å². The molecule has 0 atom stereocenters. The van der Waals surface area contributed by atoms with Crippen molar-refractivity contribution in [3.8, 4) is 22.3 Å². The quantitative estimate of drug-likeness (QED) is 0.229. The number of fused-ring (bicyclic) bond motifs is 11. The molecule has 0 saturated carbocycles. The zero-order valence-corrected chi connectivity index (χ0v) is 21.4. The van der Waals surface area contributed by atoms with Crippen LogP contribution in [0.2, 0.25) is 0 Å². The maximum atomic E-state index is 2.59. The lowest BCUT2D eigenvalue weighted by atomic mass is 9.43. The van der Waals surface area contributed by atoms with Gasteiger partial charge in [-0.15, -0.1) is 0 Å². The molecule has 0 aliphatic carbocycles. The molecule has 6 aromatic rings. The fourth-order valence-electron chi connectivity index (χ4n) is 6.47. The van der Waals surface area contributed by atoms with Crippen molar-refractivity contribution in [1.29, 1.82) is 0 Å². The summed E-state index contributed by atoms with van der Waals surface area (Å²) in [6, 6.07) is 54.9. The van der Waals surface area contributed by atoms with Gasteiger partial charge in [0, 0.05) is 28.2 Å². The Kier molecular flexibility index (Phi) is 4.96. The van der Waals surface area contributed by atoms with Crippen LogP contribution >= 0.6 is 0 Å². The molecule has 8 rings (SSSR count). The summed E-state index contributed by atoms with van der Waals surface area (Å²) < 4.78 is 0. The van der Waals surface area contributed by atoms with E-state index in [2.05, 4.69) is 161 Å². The van der Waals surface area contributed by atoms with E-state index in [0.717, 1.165) is 11.4 Å². The topological polar surface area (TPSA) is 6.48 Å². The Balaban J connectivity index is 1.49. The second kappa shape index (κ2) is 8.78. The average Bonchev–Trinajstić information content (AvgIpc) is 3.02. The van der Waals surface area contributed by atoms with Crippen molar-refractivity contribution in [2.75, 3.05) is 9.71 Å². The summed E-state index contributed by atoms with van der Waals surface area (Å²) in [4.78, 5) is 4.98. The van der Waals surface area contributed by atoms with Crippen LogP contribution in [0.1, 0.15) is 0 Å². The van der Waals surface area contributed by atoms with Crippen LogP contribution in [-0.2, 0) is 0 Å². The summed E-state index contributed by atoms with van der Waals surface area (Å²) in [6.07, 6.45) is 0. The molecule has 0 N–H and O–H groups in total. The SMILES string of the molecule is c1ccc(N(c2ccccc2)c2cccc3c2N2B(c4ccccc4-c4ccccc42)c2ccccc2-3)cc1. The molecule has 0 radical (unpaired) electrons. The Morgan fingerprint density at radius 1 is 0.410 bits per heavy atom. The molecule has 182 valence electrons. The van der Waals surface area contributed by atoms with E-state index in [1.54, 1.807) is 0 Å². The summed E-state index contributed by atoms with van der Waals surface area (Å²) >= 11 is 0. The monoisotopic (exact) mass is 496 g/mol. The first-order chi connectivity index (χ1) is 19.4. The van der Waals surface area contributed by atoms with Crippen LogP contribution in [0.3, 0.4) is 0 Å². The first kappa shape index (κ1) is 22.0. The fraction of sp³-hybridized carbons (Fsp3) is 0. The van der Waals surface area contributed by atoms with Crippen LogP contribution in [0.5, 0.6) is 0 Å². The van der Waals surface area contributed by atoms with Gasteiger partial charge in [0.2, 0.25) is 0 Å². The molecule has 6 aromatic carbocycles. The van der Waals surface area contributed by atoms with Gasteiger partial charge < -0.3 is 9.71 Å². The van der Waals surface area contributed by atoms with E-state index in [1.165, 1.54) is 50.2 Å². The Morgan fingerprint density at radius 2 is 0.897 bits per heavy atom. The zero-order chi connectivity index (χ0) is 25.8. The lowest BCUT2D eigenvalue weighted by Crippen LogP contribution is -2.59. The normalized spacial score (nSPS) is 12.5. The van der Waals surface area contributed by atoms with Gasteiger partial charge in [-0.3, -0.25) is 0 Å². The van der Waals surface area contributed by atoms with Gasteiger partial charge in [-0.2, -0.15) is 0 Å². The van der Waals surface area contributed by atoms with E-state index in [9.17, 15) is 0 Å². The van der Waals surface area contributed by atoms with E-state index >= 15 is 0 Å². The van der Waals surface area contributed by atoms with Gasteiger partial charge in [0.05, 0.1) is 11.4 Å². The average molecular weight is 496 g/mol. The van der Waals surface area contributed by atoms with Gasteiger partial charge in [0.15, 0.2) is 0 Å². The third-order valence-electron chi connectivity index (χ3n) is 8.04. The first-order valence-corrected chi connectivity index (χ1v) is 13.5. The number of anilines is 5. The predicted molar refractivity (Wildman–Crippen MR) is 166 cm³/mol. The number of nitrogens with zero attached hydrogens (tertiary/aromatic N) is 2. The first-order valence-electron chi connectivity index (χ1n) is 13.5. The third-order valence-corrected chi connectivity index (χ3v) is 8.04. The largest absolute Gasteiger partial charge is 0.374 e. The second-order valence-electron chi connectivity index (χ2n) is 10.1. The highest BCUT2D eigenvalue weighted by Gasteiger charge is 2.43. The molecule has 0 amide bonds. The molecular formula is C36H25BN2. The minimum atomic E-state index is 0.0781. The molecule has 0 unspecified atom stereocenters. The van der Waals surface area contributed by atoms with Gasteiger partial charge >= 0.3 is 6.85 Å². The van der Waals surface area contributed by atoms with Crippen molar-refractivity contribution in [2.45, 2.75) is 0 Å². The Hall–Kier alpha value is -5.02. The summed E-state index contributed by atoms with van der Waals surface area (Å²) in [7, 11) is 0. The minimum Gasteiger partial charge on any atom is -0.374 e. The van der Waals surface area contributed by atoms with E-state index in [1.807, 2.05) is 0 Å². The molecule has 3 heteroatoms. The second-order valence-corrected chi connectivity index (χ2v) is 10.1. The summed E-state index contributed by atoms with van der Waals surface area (Å²) in [5, 5.41) is 0. The summed E-state index contributed by atoms with van der Waals surface area (Å²) in [5.74, 6) is 0. The highest BCUT2D eigenvalue weighted by Crippen LogP contribution is 2.52. The van der Waals surface area contributed by atoms with E-state index < -0.39 is 0 Å². The van der Waals surface area contributed by atoms with E-state index in [4.69, 9.17) is 0 Å². The lowest BCUT2D eigenvalue weighted by Gasteiger charge is -2.45. The molecule has 0 aromatic heterocycles. The van der Waals surface area contributed by atoms with Crippen molar-refractivity contribution in [3.05, 3.63) is 152 Å². The van der Waals surface area contributed by atoms with Crippen molar-refractivity contribution >= 4 is 46.2 Å². The van der Waals surface area contributed by atoms with E-state index in [-0.39, 0.29) is 6.85 Å². The molecule has 2 aliphatic rings. The van der Waals surface area contributed by atoms with Crippen molar-refractivity contribution in [1.82, 2.24) is 0 Å². The molecule has 39 heavy (non-hydrogen) atoms. The van der Waals surface area contributed by atoms with Gasteiger partial charge in [0.25, 0.3) is 0 Å². The molecule has 0 fully saturated rings. The maximum Gasteiger partial charge on any atom is 0.329 e. The standard InChI is InChI=1S/C36H25BN2/c1-3-14-26(15-4-1)38(27-16-5-2-6-17-27)35-25-13-21-31-29-19-8-11-23-33(29)37-32-22-10-7-18-28(32)30-20-9-12-24-34(30)39(37)36(31)35/h1-25H. The van der Waals surface area contributed by atoms with Gasteiger partial charge in [-0.1, -0.05) is 115 Å². The number of rotatable bonds is 3. The van der Waals surface area contributed by atoms with Crippen LogP contribution in [0.25, 0.3) is 22.3 Å². The number of benzene rings is 6.